The predicted molar refractivity (Wildman–Crippen MR) is 90.2 cm³/mol. The monoisotopic (exact) mass is 313 g/mol. The van der Waals surface area contributed by atoms with Crippen LogP contribution in [0.1, 0.15) is 5.56 Å². The number of hydrogen-bond acceptors (Lipinski definition) is 4. The van der Waals surface area contributed by atoms with Gasteiger partial charge in [-0.1, -0.05) is 54.1 Å². The molecule has 104 valence electrons. The van der Waals surface area contributed by atoms with E-state index < -0.39 is 0 Å². The Morgan fingerprint density at radius 1 is 1.05 bits per heavy atom. The van der Waals surface area contributed by atoms with Gasteiger partial charge in [-0.25, -0.2) is 4.98 Å². The maximum absolute atomic E-state index is 5.83. The molecule has 1 aromatic heterocycles. The van der Waals surface area contributed by atoms with Gasteiger partial charge < -0.3 is 0 Å². The van der Waals surface area contributed by atoms with Gasteiger partial charge in [0.1, 0.15) is 0 Å². The summed E-state index contributed by atoms with van der Waals surface area (Å²) in [5.41, 5.74) is 5.97. The van der Waals surface area contributed by atoms with Gasteiger partial charge in [0, 0.05) is 16.0 Å². The number of hydrazone groups is 1. The van der Waals surface area contributed by atoms with Gasteiger partial charge in [0.25, 0.3) is 0 Å². The van der Waals surface area contributed by atoms with Gasteiger partial charge in [-0.05, 0) is 17.7 Å². The van der Waals surface area contributed by atoms with Crippen molar-refractivity contribution < 1.29 is 0 Å². The molecule has 0 unspecified atom stereocenters. The van der Waals surface area contributed by atoms with Crippen molar-refractivity contribution in [1.82, 2.24) is 4.98 Å². The molecular formula is C16H12ClN3S. The summed E-state index contributed by atoms with van der Waals surface area (Å²) in [6, 6.07) is 17.5. The number of nitrogens with one attached hydrogen (secondary N) is 1. The molecule has 0 radical (unpaired) electrons. The topological polar surface area (TPSA) is 37.3 Å². The lowest BCUT2D eigenvalue weighted by Gasteiger charge is -1.96. The number of hydrogen-bond donors (Lipinski definition) is 1. The zero-order valence-corrected chi connectivity index (χ0v) is 12.6. The first-order valence-electron chi connectivity index (χ1n) is 6.37. The Labute approximate surface area is 131 Å². The lowest BCUT2D eigenvalue weighted by atomic mass is 10.2. The summed E-state index contributed by atoms with van der Waals surface area (Å²) in [4.78, 5) is 4.50. The van der Waals surface area contributed by atoms with Gasteiger partial charge in [0.15, 0.2) is 0 Å². The van der Waals surface area contributed by atoms with Gasteiger partial charge in [-0.2, -0.15) is 5.10 Å². The SMILES string of the molecule is Clc1ccc(/C=N\Nc2nc(-c3ccccc3)cs2)cc1. The predicted octanol–water partition coefficient (Wildman–Crippen LogP) is 4.91. The molecule has 0 saturated heterocycles. The van der Waals surface area contributed by atoms with Crippen molar-refractivity contribution in [3.63, 3.8) is 0 Å². The van der Waals surface area contributed by atoms with Crippen LogP contribution in [0, 0.1) is 0 Å². The molecule has 0 aliphatic rings. The van der Waals surface area contributed by atoms with Gasteiger partial charge in [0.05, 0.1) is 11.9 Å². The van der Waals surface area contributed by atoms with E-state index in [9.17, 15) is 0 Å². The number of aromatic nitrogens is 1. The van der Waals surface area contributed by atoms with Crippen LogP contribution in [0.25, 0.3) is 11.3 Å². The molecule has 0 aliphatic carbocycles. The molecule has 3 nitrogen and oxygen atoms in total. The highest BCUT2D eigenvalue weighted by Gasteiger charge is 2.02. The van der Waals surface area contributed by atoms with E-state index in [2.05, 4.69) is 15.5 Å². The smallest absolute Gasteiger partial charge is 0.203 e. The minimum atomic E-state index is 0.715. The maximum atomic E-state index is 5.83. The number of halogens is 1. The van der Waals surface area contributed by atoms with Crippen molar-refractivity contribution >= 4 is 34.3 Å². The average molecular weight is 314 g/mol. The van der Waals surface area contributed by atoms with E-state index in [1.807, 2.05) is 60.0 Å². The standard InChI is InChI=1S/C16H12ClN3S/c17-14-8-6-12(7-9-14)10-18-20-16-19-15(11-21-16)13-4-2-1-3-5-13/h1-11H,(H,19,20)/b18-10-. The van der Waals surface area contributed by atoms with E-state index in [1.165, 1.54) is 11.3 Å². The highest BCUT2D eigenvalue weighted by atomic mass is 35.5. The molecule has 0 saturated carbocycles. The van der Waals surface area contributed by atoms with Crippen molar-refractivity contribution in [2.75, 3.05) is 5.43 Å². The number of rotatable bonds is 4. The number of benzene rings is 2. The number of nitrogens with zero attached hydrogens (tertiary/aromatic N) is 2. The molecule has 0 fully saturated rings. The van der Waals surface area contributed by atoms with E-state index in [0.717, 1.165) is 22.0 Å². The quantitative estimate of drug-likeness (QED) is 0.549. The van der Waals surface area contributed by atoms with E-state index in [4.69, 9.17) is 11.6 Å². The first-order chi connectivity index (χ1) is 10.3. The Hall–Kier alpha value is -2.17. The number of thiazole rings is 1. The zero-order valence-electron chi connectivity index (χ0n) is 11.0. The Kier molecular flexibility index (Phi) is 4.28. The first-order valence-corrected chi connectivity index (χ1v) is 7.62. The van der Waals surface area contributed by atoms with Crippen LogP contribution in [-0.4, -0.2) is 11.2 Å². The second-order valence-electron chi connectivity index (χ2n) is 4.33. The number of anilines is 1. The van der Waals surface area contributed by atoms with Crippen molar-refractivity contribution in [2.45, 2.75) is 0 Å². The Morgan fingerprint density at radius 3 is 2.57 bits per heavy atom. The summed E-state index contributed by atoms with van der Waals surface area (Å²) in [5.74, 6) is 0. The Morgan fingerprint density at radius 2 is 1.81 bits per heavy atom. The second kappa shape index (κ2) is 6.52. The molecule has 1 heterocycles. The van der Waals surface area contributed by atoms with E-state index in [1.54, 1.807) is 6.21 Å². The zero-order chi connectivity index (χ0) is 14.5. The van der Waals surface area contributed by atoms with Gasteiger partial charge in [0.2, 0.25) is 5.13 Å². The summed E-state index contributed by atoms with van der Waals surface area (Å²) in [6.45, 7) is 0. The van der Waals surface area contributed by atoms with Gasteiger partial charge in [-0.3, -0.25) is 5.43 Å². The molecule has 1 N–H and O–H groups in total. The highest BCUT2D eigenvalue weighted by Crippen LogP contribution is 2.24. The lowest BCUT2D eigenvalue weighted by Crippen LogP contribution is -1.90. The van der Waals surface area contributed by atoms with Crippen molar-refractivity contribution in [3.05, 3.63) is 70.6 Å². The third-order valence-electron chi connectivity index (χ3n) is 2.82. The maximum Gasteiger partial charge on any atom is 0.203 e. The molecular weight excluding hydrogens is 302 g/mol. The second-order valence-corrected chi connectivity index (χ2v) is 5.62. The molecule has 0 spiro atoms. The summed E-state index contributed by atoms with van der Waals surface area (Å²) >= 11 is 7.36. The molecule has 21 heavy (non-hydrogen) atoms. The normalized spacial score (nSPS) is 10.9. The van der Waals surface area contributed by atoms with E-state index in [-0.39, 0.29) is 0 Å². The molecule has 0 bridgehead atoms. The fourth-order valence-corrected chi connectivity index (χ4v) is 2.57. The molecule has 5 heteroatoms. The molecule has 0 amide bonds. The summed E-state index contributed by atoms with van der Waals surface area (Å²) in [7, 11) is 0. The minimum absolute atomic E-state index is 0.715. The van der Waals surface area contributed by atoms with Crippen molar-refractivity contribution in [2.24, 2.45) is 5.10 Å². The van der Waals surface area contributed by atoms with Crippen LogP contribution in [0.5, 0.6) is 0 Å². The van der Waals surface area contributed by atoms with Crippen molar-refractivity contribution in [3.8, 4) is 11.3 Å². The average Bonchev–Trinajstić information content (AvgIpc) is 2.99. The van der Waals surface area contributed by atoms with Crippen LogP contribution < -0.4 is 5.43 Å². The van der Waals surface area contributed by atoms with Crippen LogP contribution >= 0.6 is 22.9 Å². The van der Waals surface area contributed by atoms with Crippen LogP contribution in [0.3, 0.4) is 0 Å². The van der Waals surface area contributed by atoms with Crippen molar-refractivity contribution in [1.29, 1.82) is 0 Å². The summed E-state index contributed by atoms with van der Waals surface area (Å²) in [5, 5.41) is 7.67. The molecule has 2 aromatic carbocycles. The third-order valence-corrected chi connectivity index (χ3v) is 3.82. The van der Waals surface area contributed by atoms with Crippen LogP contribution in [0.15, 0.2) is 65.1 Å². The van der Waals surface area contributed by atoms with Gasteiger partial charge in [-0.15, -0.1) is 11.3 Å². The fourth-order valence-electron chi connectivity index (χ4n) is 1.78. The minimum Gasteiger partial charge on any atom is -0.253 e. The van der Waals surface area contributed by atoms with E-state index >= 15 is 0 Å². The van der Waals surface area contributed by atoms with E-state index in [0.29, 0.717) is 5.02 Å². The highest BCUT2D eigenvalue weighted by molar-refractivity contribution is 7.14. The van der Waals surface area contributed by atoms with Gasteiger partial charge >= 0.3 is 0 Å². The Balaban J connectivity index is 1.66. The lowest BCUT2D eigenvalue weighted by molar-refractivity contribution is 1.29. The largest absolute Gasteiger partial charge is 0.253 e. The fraction of sp³-hybridized carbons (Fsp3) is 0. The molecule has 3 rings (SSSR count). The molecule has 3 aromatic rings. The summed E-state index contributed by atoms with van der Waals surface area (Å²) < 4.78 is 0. The van der Waals surface area contributed by atoms with Crippen LogP contribution in [-0.2, 0) is 0 Å². The van der Waals surface area contributed by atoms with Crippen LogP contribution in [0.2, 0.25) is 5.02 Å². The third kappa shape index (κ3) is 3.68. The van der Waals surface area contributed by atoms with Crippen LogP contribution in [0.4, 0.5) is 5.13 Å². The molecule has 0 aliphatic heterocycles. The Bertz CT molecular complexity index is 736. The summed E-state index contributed by atoms with van der Waals surface area (Å²) in [6.07, 6.45) is 1.74. The first kappa shape index (κ1) is 13.8. The molecule has 0 atom stereocenters.